The van der Waals surface area contributed by atoms with Crippen LogP contribution in [0, 0.1) is 0 Å². The molecule has 2 N–H and O–H groups in total. The highest BCUT2D eigenvalue weighted by Crippen LogP contribution is 2.47. The Morgan fingerprint density at radius 1 is 0.375 bits per heavy atom. The standard InChI is InChI=1S/C42H32N8O6/c1-51-23-12-14-25(53-3)31-29(23)37-44-35-21-11-10-19-8-7-9-20(19)18-22(21)36(43-35)45-38-30-24(52-2)13-15-26(54-4)32(30)40(47-38)49-42-34-28(56-6)17-16-27(55-5)33(34)41(50-42)48-39(31)46-37/h7-18H,1-6H3,(H2,43,44,45,46,47,48,49,50). The third kappa shape index (κ3) is 4.75. The summed E-state index contributed by atoms with van der Waals surface area (Å²) in [4.78, 5) is 37.8. The van der Waals surface area contributed by atoms with E-state index in [9.17, 15) is 0 Å². The van der Waals surface area contributed by atoms with Crippen LogP contribution in [0.15, 0.2) is 72.8 Å². The van der Waals surface area contributed by atoms with Gasteiger partial charge in [-0.2, -0.15) is 0 Å². The van der Waals surface area contributed by atoms with Crippen molar-refractivity contribution in [2.45, 2.75) is 0 Å². The molecule has 276 valence electrons. The molecular formula is C42H32N8O6. The minimum Gasteiger partial charge on any atom is -0.496 e. The summed E-state index contributed by atoms with van der Waals surface area (Å²) in [6.07, 6.45) is 0. The van der Waals surface area contributed by atoms with Gasteiger partial charge in [0.2, 0.25) is 0 Å². The van der Waals surface area contributed by atoms with E-state index in [2.05, 4.69) is 34.2 Å². The maximum absolute atomic E-state index is 5.92. The smallest absolute Gasteiger partial charge is 0.168 e. The number of hydrogen-bond donors (Lipinski definition) is 2. The molecule has 9 aromatic rings. The fraction of sp³-hybridized carbons (Fsp3) is 0.143. The molecule has 0 unspecified atom stereocenters. The van der Waals surface area contributed by atoms with Gasteiger partial charge in [-0.1, -0.05) is 24.3 Å². The first-order valence-electron chi connectivity index (χ1n) is 17.6. The van der Waals surface area contributed by atoms with Crippen LogP contribution in [0.2, 0.25) is 0 Å². The second-order valence-corrected chi connectivity index (χ2v) is 13.0. The highest BCUT2D eigenvalue weighted by molar-refractivity contribution is 6.15. The lowest BCUT2D eigenvalue weighted by atomic mass is 10.1. The topological polar surface area (TPSA) is 164 Å². The Bertz CT molecular complexity index is 3250. The van der Waals surface area contributed by atoms with E-state index in [0.717, 1.165) is 21.5 Å². The molecule has 0 saturated heterocycles. The molecule has 1 aliphatic heterocycles. The van der Waals surface area contributed by atoms with Crippen molar-refractivity contribution in [2.75, 3.05) is 42.7 Å². The number of aromatic amines is 2. The van der Waals surface area contributed by atoms with Gasteiger partial charge in [0.1, 0.15) is 57.1 Å². The number of benzene rings is 3. The van der Waals surface area contributed by atoms with E-state index in [0.29, 0.717) is 113 Å². The van der Waals surface area contributed by atoms with Gasteiger partial charge in [0.25, 0.3) is 0 Å². The number of rotatable bonds is 6. The van der Waals surface area contributed by atoms with Crippen LogP contribution in [-0.2, 0) is 0 Å². The van der Waals surface area contributed by atoms with Crippen molar-refractivity contribution < 1.29 is 28.4 Å². The third-order valence-electron chi connectivity index (χ3n) is 10.3. The number of methoxy groups -OCH3 is 6. The molecule has 0 radical (unpaired) electrons. The van der Waals surface area contributed by atoms with Crippen LogP contribution in [0.25, 0.3) is 99.7 Å². The number of nitrogens with zero attached hydrogens (tertiary/aromatic N) is 6. The number of ether oxygens (including phenoxy) is 6. The third-order valence-corrected chi connectivity index (χ3v) is 10.3. The van der Waals surface area contributed by atoms with Gasteiger partial charge in [-0.25, -0.2) is 29.9 Å². The highest BCUT2D eigenvalue weighted by atomic mass is 16.5. The average Bonchev–Trinajstić information content (AvgIpc) is 4.03. The van der Waals surface area contributed by atoms with Gasteiger partial charge in [-0.15, -0.1) is 0 Å². The van der Waals surface area contributed by atoms with Crippen LogP contribution in [0.5, 0.6) is 34.5 Å². The van der Waals surface area contributed by atoms with E-state index in [-0.39, 0.29) is 0 Å². The quantitative estimate of drug-likeness (QED) is 0.168. The van der Waals surface area contributed by atoms with E-state index in [4.69, 9.17) is 58.3 Å². The van der Waals surface area contributed by atoms with Crippen molar-refractivity contribution in [3.8, 4) is 57.3 Å². The molecule has 8 bridgehead atoms. The lowest BCUT2D eigenvalue weighted by molar-refractivity contribution is 0.406. The molecule has 14 heteroatoms. The number of aromatic nitrogens is 8. The lowest BCUT2D eigenvalue weighted by Crippen LogP contribution is -1.93. The van der Waals surface area contributed by atoms with Crippen molar-refractivity contribution >= 4 is 77.0 Å². The summed E-state index contributed by atoms with van der Waals surface area (Å²) in [7, 11) is 9.62. The average molecular weight is 745 g/mol. The second-order valence-electron chi connectivity index (χ2n) is 13.0. The van der Waals surface area contributed by atoms with Gasteiger partial charge in [-0.3, -0.25) is 0 Å². The molecule has 1 aliphatic rings. The van der Waals surface area contributed by atoms with Crippen molar-refractivity contribution in [2.24, 2.45) is 0 Å². The Morgan fingerprint density at radius 3 is 1.25 bits per heavy atom. The number of nitrogens with one attached hydrogen (secondary N) is 2. The summed E-state index contributed by atoms with van der Waals surface area (Å²) in [6, 6.07) is 23.3. The molecule has 10 rings (SSSR count). The molecule has 0 atom stereocenters. The molecule has 4 aromatic heterocycles. The largest absolute Gasteiger partial charge is 0.496 e. The molecule has 56 heavy (non-hydrogen) atoms. The summed E-state index contributed by atoms with van der Waals surface area (Å²) in [5.74, 6) is 3.89. The zero-order valence-electron chi connectivity index (χ0n) is 31.1. The molecular weight excluding hydrogens is 713 g/mol. The fourth-order valence-electron chi connectivity index (χ4n) is 7.70. The van der Waals surface area contributed by atoms with Gasteiger partial charge in [-0.05, 0) is 59.3 Å². The number of H-pyrrole nitrogens is 2. The van der Waals surface area contributed by atoms with Gasteiger partial charge in [0.05, 0.1) is 75.3 Å². The number of fused-ring (bicyclic) bond motifs is 21. The van der Waals surface area contributed by atoms with E-state index in [1.54, 1.807) is 42.7 Å². The van der Waals surface area contributed by atoms with Crippen molar-refractivity contribution in [1.82, 2.24) is 39.9 Å². The number of hydrogen-bond acceptors (Lipinski definition) is 12. The molecule has 0 fully saturated rings. The maximum Gasteiger partial charge on any atom is 0.168 e. The minimum atomic E-state index is 0.316. The summed E-state index contributed by atoms with van der Waals surface area (Å²) in [5, 5.41) is 6.21. The first-order valence-corrected chi connectivity index (χ1v) is 17.6. The normalized spacial score (nSPS) is 11.8. The van der Waals surface area contributed by atoms with Gasteiger partial charge in [0.15, 0.2) is 22.9 Å². The van der Waals surface area contributed by atoms with Crippen LogP contribution in [0.3, 0.4) is 0 Å². The Labute approximate surface area is 317 Å². The molecule has 5 aromatic carbocycles. The Morgan fingerprint density at radius 2 is 0.786 bits per heavy atom. The molecule has 0 aliphatic carbocycles. The summed E-state index contributed by atoms with van der Waals surface area (Å²) in [6.45, 7) is 0. The van der Waals surface area contributed by atoms with Crippen molar-refractivity contribution in [3.63, 3.8) is 0 Å². The van der Waals surface area contributed by atoms with Gasteiger partial charge in [0, 0.05) is 10.8 Å². The van der Waals surface area contributed by atoms with E-state index in [1.165, 1.54) is 0 Å². The highest BCUT2D eigenvalue weighted by Gasteiger charge is 2.29. The predicted octanol–water partition coefficient (Wildman–Crippen LogP) is 8.17. The van der Waals surface area contributed by atoms with Gasteiger partial charge >= 0.3 is 0 Å². The zero-order valence-corrected chi connectivity index (χ0v) is 31.1. The fourth-order valence-corrected chi connectivity index (χ4v) is 7.70. The monoisotopic (exact) mass is 744 g/mol. The Kier molecular flexibility index (Phi) is 7.42. The second kappa shape index (κ2) is 12.6. The summed E-state index contributed by atoms with van der Waals surface area (Å²) in [5.41, 5.74) is 3.76. The van der Waals surface area contributed by atoms with Gasteiger partial charge < -0.3 is 38.4 Å². The van der Waals surface area contributed by atoms with Crippen LogP contribution in [0.1, 0.15) is 0 Å². The molecule has 0 spiro atoms. The first kappa shape index (κ1) is 33.1. The van der Waals surface area contributed by atoms with Crippen LogP contribution in [-0.4, -0.2) is 82.5 Å². The van der Waals surface area contributed by atoms with E-state index in [1.807, 2.05) is 48.5 Å². The molecule has 0 amide bonds. The lowest BCUT2D eigenvalue weighted by Gasteiger charge is -2.10. The van der Waals surface area contributed by atoms with E-state index >= 15 is 0 Å². The SMILES string of the molecule is COc1ccc(OC)c2c1-c1nc-2nc2[nH]c(nc3nc(nc4[nH]c(n1)c1c(OC)ccc(OC)c41)c1ccc4cccc4cc31)c1c(OC)ccc(OC)c21. The van der Waals surface area contributed by atoms with Crippen LogP contribution < -0.4 is 28.4 Å². The van der Waals surface area contributed by atoms with Crippen LogP contribution in [0.4, 0.5) is 0 Å². The van der Waals surface area contributed by atoms with E-state index < -0.39 is 0 Å². The zero-order chi connectivity index (χ0) is 38.2. The Balaban J connectivity index is 1.51. The minimum absolute atomic E-state index is 0.316. The first-order chi connectivity index (χ1) is 27.5. The summed E-state index contributed by atoms with van der Waals surface area (Å²) >= 11 is 0. The molecule has 14 nitrogen and oxygen atoms in total. The summed E-state index contributed by atoms with van der Waals surface area (Å²) < 4.78 is 35.4. The predicted molar refractivity (Wildman–Crippen MR) is 215 cm³/mol. The van der Waals surface area contributed by atoms with Crippen molar-refractivity contribution in [1.29, 1.82) is 0 Å². The maximum atomic E-state index is 5.92. The molecule has 0 saturated carbocycles. The molecule has 5 heterocycles. The van der Waals surface area contributed by atoms with Crippen molar-refractivity contribution in [3.05, 3.63) is 72.8 Å². The van der Waals surface area contributed by atoms with Crippen LogP contribution >= 0.6 is 0 Å². The Hall–Kier alpha value is -7.48.